The average Bonchev–Trinajstić information content (AvgIpc) is 3.11. The number of nitrogens with one attached hydrogen (secondary N) is 1. The highest BCUT2D eigenvalue weighted by Gasteiger charge is 2.08. The van der Waals surface area contributed by atoms with Gasteiger partial charge in [-0.05, 0) is 19.3 Å². The van der Waals surface area contributed by atoms with Gasteiger partial charge in [-0.2, -0.15) is 0 Å². The van der Waals surface area contributed by atoms with Crippen molar-refractivity contribution in [1.82, 2.24) is 19.1 Å². The SMILES string of the molecule is C=CCCCCCCCCC(=O)O.Cn1c(=O)c2[nH]cnc2n(C)c1=O. The monoisotopic (exact) mass is 364 g/mol. The number of hydrogen-bond donors (Lipinski definition) is 2. The van der Waals surface area contributed by atoms with Gasteiger partial charge in [-0.1, -0.05) is 31.8 Å². The molecule has 0 bridgehead atoms. The Morgan fingerprint density at radius 1 is 1.15 bits per heavy atom. The van der Waals surface area contributed by atoms with Gasteiger partial charge in [0.05, 0.1) is 6.33 Å². The van der Waals surface area contributed by atoms with Crippen LogP contribution in [0.2, 0.25) is 0 Å². The minimum absolute atomic E-state index is 0.326. The van der Waals surface area contributed by atoms with Crippen LogP contribution in [0.1, 0.15) is 51.4 Å². The first-order chi connectivity index (χ1) is 12.4. The van der Waals surface area contributed by atoms with Gasteiger partial charge in [0.25, 0.3) is 5.56 Å². The lowest BCUT2D eigenvalue weighted by atomic mass is 10.1. The van der Waals surface area contributed by atoms with Gasteiger partial charge in [-0.3, -0.25) is 18.7 Å². The van der Waals surface area contributed by atoms with Crippen molar-refractivity contribution in [1.29, 1.82) is 0 Å². The highest BCUT2D eigenvalue weighted by Crippen LogP contribution is 2.08. The molecular formula is C18H28N4O4. The predicted molar refractivity (Wildman–Crippen MR) is 101 cm³/mol. The topological polar surface area (TPSA) is 110 Å². The van der Waals surface area contributed by atoms with E-state index in [0.717, 1.165) is 23.8 Å². The maximum atomic E-state index is 11.4. The van der Waals surface area contributed by atoms with Gasteiger partial charge in [0.2, 0.25) is 0 Å². The number of aromatic nitrogens is 4. The van der Waals surface area contributed by atoms with Crippen LogP contribution >= 0.6 is 0 Å². The highest BCUT2D eigenvalue weighted by molar-refractivity contribution is 5.68. The molecule has 0 amide bonds. The van der Waals surface area contributed by atoms with Crippen molar-refractivity contribution in [2.24, 2.45) is 14.1 Å². The number of hydrogen-bond acceptors (Lipinski definition) is 4. The van der Waals surface area contributed by atoms with E-state index >= 15 is 0 Å². The van der Waals surface area contributed by atoms with Gasteiger partial charge < -0.3 is 10.1 Å². The molecule has 8 heteroatoms. The van der Waals surface area contributed by atoms with Crippen molar-refractivity contribution >= 4 is 17.1 Å². The maximum absolute atomic E-state index is 11.4. The van der Waals surface area contributed by atoms with E-state index in [-0.39, 0.29) is 11.2 Å². The van der Waals surface area contributed by atoms with E-state index in [4.69, 9.17) is 5.11 Å². The molecule has 0 aliphatic heterocycles. The lowest BCUT2D eigenvalue weighted by Gasteiger charge is -2.00. The molecule has 2 N–H and O–H groups in total. The average molecular weight is 364 g/mol. The lowest BCUT2D eigenvalue weighted by molar-refractivity contribution is -0.137. The summed E-state index contributed by atoms with van der Waals surface area (Å²) >= 11 is 0. The molecule has 0 aliphatic rings. The number of unbranched alkanes of at least 4 members (excludes halogenated alkanes) is 6. The molecule has 0 atom stereocenters. The molecule has 0 radical (unpaired) electrons. The number of rotatable bonds is 9. The van der Waals surface area contributed by atoms with Gasteiger partial charge in [0, 0.05) is 20.5 Å². The molecule has 2 heterocycles. The van der Waals surface area contributed by atoms with Crippen LogP contribution in [0, 0.1) is 0 Å². The summed E-state index contributed by atoms with van der Waals surface area (Å²) in [7, 11) is 3.01. The number of allylic oxidation sites excluding steroid dienone is 1. The first-order valence-electron chi connectivity index (χ1n) is 8.82. The molecule has 0 saturated heterocycles. The van der Waals surface area contributed by atoms with Crippen molar-refractivity contribution < 1.29 is 9.90 Å². The fourth-order valence-electron chi connectivity index (χ4n) is 2.54. The third-order valence-corrected chi connectivity index (χ3v) is 4.08. The Hall–Kier alpha value is -2.64. The minimum Gasteiger partial charge on any atom is -0.481 e. The van der Waals surface area contributed by atoms with Crippen LogP contribution in [0.4, 0.5) is 0 Å². The Balaban J connectivity index is 0.000000260. The Morgan fingerprint density at radius 2 is 1.77 bits per heavy atom. The van der Waals surface area contributed by atoms with Crippen LogP contribution in [-0.4, -0.2) is 30.2 Å². The molecule has 8 nitrogen and oxygen atoms in total. The molecule has 144 valence electrons. The summed E-state index contributed by atoms with van der Waals surface area (Å²) in [5.41, 5.74) is 0.0119. The molecule has 26 heavy (non-hydrogen) atoms. The molecule has 0 aliphatic carbocycles. The Kier molecular flexibility index (Phi) is 9.11. The van der Waals surface area contributed by atoms with Gasteiger partial charge >= 0.3 is 11.7 Å². The second-order valence-electron chi connectivity index (χ2n) is 6.15. The zero-order valence-corrected chi connectivity index (χ0v) is 15.5. The van der Waals surface area contributed by atoms with E-state index in [1.165, 1.54) is 43.6 Å². The second-order valence-corrected chi connectivity index (χ2v) is 6.15. The third kappa shape index (κ3) is 6.34. The summed E-state index contributed by atoms with van der Waals surface area (Å²) < 4.78 is 2.37. The van der Waals surface area contributed by atoms with E-state index in [1.54, 1.807) is 7.05 Å². The fourth-order valence-corrected chi connectivity index (χ4v) is 2.54. The van der Waals surface area contributed by atoms with Gasteiger partial charge in [-0.15, -0.1) is 6.58 Å². The minimum atomic E-state index is -0.674. The molecule has 0 unspecified atom stereocenters. The van der Waals surface area contributed by atoms with Crippen molar-refractivity contribution in [3.63, 3.8) is 0 Å². The zero-order chi connectivity index (χ0) is 19.5. The van der Waals surface area contributed by atoms with Crippen molar-refractivity contribution in [3.8, 4) is 0 Å². The van der Waals surface area contributed by atoms with Crippen molar-refractivity contribution in [2.75, 3.05) is 0 Å². The number of aromatic amines is 1. The quantitative estimate of drug-likeness (QED) is 0.524. The summed E-state index contributed by atoms with van der Waals surface area (Å²) in [5, 5.41) is 8.38. The van der Waals surface area contributed by atoms with Crippen LogP contribution < -0.4 is 11.2 Å². The number of carbonyl (C=O) groups is 1. The van der Waals surface area contributed by atoms with Gasteiger partial charge in [0.1, 0.15) is 5.52 Å². The van der Waals surface area contributed by atoms with E-state index in [2.05, 4.69) is 16.5 Å². The van der Waals surface area contributed by atoms with E-state index in [1.807, 2.05) is 6.08 Å². The molecule has 0 fully saturated rings. The molecule has 0 saturated carbocycles. The summed E-state index contributed by atoms with van der Waals surface area (Å²) in [6, 6.07) is 0. The first-order valence-corrected chi connectivity index (χ1v) is 8.82. The van der Waals surface area contributed by atoms with Crippen molar-refractivity contribution in [3.05, 3.63) is 39.8 Å². The number of imidazole rings is 1. The Morgan fingerprint density at radius 3 is 2.38 bits per heavy atom. The molecule has 2 aromatic heterocycles. The molecular weight excluding hydrogens is 336 g/mol. The van der Waals surface area contributed by atoms with Crippen LogP contribution in [0.3, 0.4) is 0 Å². The zero-order valence-electron chi connectivity index (χ0n) is 15.5. The summed E-state index contributed by atoms with van der Waals surface area (Å²) in [4.78, 5) is 39.5. The molecule has 2 aromatic rings. The first kappa shape index (κ1) is 21.4. The summed E-state index contributed by atoms with van der Waals surface area (Å²) in [6.45, 7) is 3.66. The predicted octanol–water partition coefficient (Wildman–Crippen LogP) is 2.34. The summed E-state index contributed by atoms with van der Waals surface area (Å²) in [5.74, 6) is -0.674. The number of nitrogens with zero attached hydrogens (tertiary/aromatic N) is 3. The largest absolute Gasteiger partial charge is 0.481 e. The standard InChI is InChI=1S/C11H20O2.C7H8N4O2/c1-2-3-4-5-6-7-8-9-10-11(12)13;1-10-5-4(8-3-9-5)6(12)11(2)7(10)13/h2H,1,3-10H2,(H,12,13);3H,1-2H3,(H,8,9). The number of aliphatic carboxylic acids is 1. The summed E-state index contributed by atoms with van der Waals surface area (Å²) in [6.07, 6.45) is 11.5. The van der Waals surface area contributed by atoms with E-state index in [0.29, 0.717) is 17.6 Å². The lowest BCUT2D eigenvalue weighted by Crippen LogP contribution is -2.36. The molecule has 2 rings (SSSR count). The molecule has 0 aromatic carbocycles. The van der Waals surface area contributed by atoms with Crippen LogP contribution in [-0.2, 0) is 18.9 Å². The van der Waals surface area contributed by atoms with Gasteiger partial charge in [0.15, 0.2) is 5.65 Å². The number of carboxylic acids is 1. The molecule has 0 spiro atoms. The third-order valence-electron chi connectivity index (χ3n) is 4.08. The number of aryl methyl sites for hydroxylation is 1. The number of carboxylic acid groups (broad SMARTS) is 1. The highest BCUT2D eigenvalue weighted by atomic mass is 16.4. The van der Waals surface area contributed by atoms with Crippen molar-refractivity contribution in [2.45, 2.75) is 51.4 Å². The van der Waals surface area contributed by atoms with Crippen LogP contribution in [0.15, 0.2) is 28.6 Å². The fraction of sp³-hybridized carbons (Fsp3) is 0.556. The number of H-pyrrole nitrogens is 1. The van der Waals surface area contributed by atoms with Crippen LogP contribution in [0.5, 0.6) is 0 Å². The van der Waals surface area contributed by atoms with E-state index in [9.17, 15) is 14.4 Å². The second kappa shape index (κ2) is 11.1. The van der Waals surface area contributed by atoms with E-state index < -0.39 is 5.97 Å². The van der Waals surface area contributed by atoms with Gasteiger partial charge in [-0.25, -0.2) is 9.78 Å². The normalized spacial score (nSPS) is 10.4. The number of fused-ring (bicyclic) bond motifs is 1. The Labute approximate surface area is 152 Å². The smallest absolute Gasteiger partial charge is 0.332 e. The Bertz CT molecular complexity index is 832. The van der Waals surface area contributed by atoms with Crippen LogP contribution in [0.25, 0.3) is 11.2 Å². The maximum Gasteiger partial charge on any atom is 0.332 e.